The van der Waals surface area contributed by atoms with Crippen molar-refractivity contribution in [2.45, 2.75) is 135 Å². The average Bonchev–Trinajstić information content (AvgIpc) is 2.71. The van der Waals surface area contributed by atoms with Crippen molar-refractivity contribution in [1.82, 2.24) is 5.32 Å². The Labute approximate surface area is 174 Å². The number of rotatable bonds is 18. The Bertz CT molecular complexity index is 343. The van der Waals surface area contributed by atoms with Crippen LogP contribution in [0.5, 0.6) is 0 Å². The standard InChI is InChI=1S/C24H46NO3/c1-2-3-4-5-6-7-8-9-10-11-12-13-14-15-16-19-22-27-24(26)28-23-20-17-18-21-25-23/h23H,2-22H2,1H3. The van der Waals surface area contributed by atoms with Crippen LogP contribution in [0.15, 0.2) is 0 Å². The molecule has 165 valence electrons. The second-order valence-corrected chi connectivity index (χ2v) is 8.38. The van der Waals surface area contributed by atoms with Crippen molar-refractivity contribution in [1.29, 1.82) is 0 Å². The van der Waals surface area contributed by atoms with Crippen LogP contribution in [0, 0.1) is 0 Å². The summed E-state index contributed by atoms with van der Waals surface area (Å²) in [5.74, 6) is 0. The molecular weight excluding hydrogens is 350 g/mol. The van der Waals surface area contributed by atoms with E-state index in [0.29, 0.717) is 6.61 Å². The van der Waals surface area contributed by atoms with Gasteiger partial charge in [0.25, 0.3) is 0 Å². The van der Waals surface area contributed by atoms with Gasteiger partial charge in [0, 0.05) is 6.54 Å². The van der Waals surface area contributed by atoms with Gasteiger partial charge in [-0.1, -0.05) is 103 Å². The molecule has 1 aliphatic rings. The van der Waals surface area contributed by atoms with Gasteiger partial charge in [-0.3, -0.25) is 0 Å². The monoisotopic (exact) mass is 396 g/mol. The van der Waals surface area contributed by atoms with Crippen LogP contribution < -0.4 is 5.32 Å². The van der Waals surface area contributed by atoms with Crippen molar-refractivity contribution < 1.29 is 14.3 Å². The molecule has 0 aliphatic carbocycles. The van der Waals surface area contributed by atoms with E-state index in [1.165, 1.54) is 89.9 Å². The Balaban J connectivity index is 1.71. The van der Waals surface area contributed by atoms with Gasteiger partial charge in [0.15, 0.2) is 6.23 Å². The molecule has 1 unspecified atom stereocenters. The Morgan fingerprint density at radius 2 is 1.25 bits per heavy atom. The summed E-state index contributed by atoms with van der Waals surface area (Å²) in [6.45, 7) is 3.56. The second kappa shape index (κ2) is 19.5. The lowest BCUT2D eigenvalue weighted by Crippen LogP contribution is -2.32. The third-order valence-electron chi connectivity index (χ3n) is 5.64. The molecule has 28 heavy (non-hydrogen) atoms. The first-order valence-electron chi connectivity index (χ1n) is 12.3. The molecule has 0 saturated carbocycles. The summed E-state index contributed by atoms with van der Waals surface area (Å²) < 4.78 is 10.3. The molecule has 1 atom stereocenters. The van der Waals surface area contributed by atoms with Crippen LogP contribution in [0.4, 0.5) is 4.79 Å². The number of hydrogen-bond donors (Lipinski definition) is 0. The first-order chi connectivity index (χ1) is 13.8. The molecule has 0 spiro atoms. The minimum absolute atomic E-state index is 0.271. The van der Waals surface area contributed by atoms with Gasteiger partial charge < -0.3 is 9.47 Å². The highest BCUT2D eigenvalue weighted by atomic mass is 16.7. The highest BCUT2D eigenvalue weighted by Crippen LogP contribution is 2.14. The fourth-order valence-corrected chi connectivity index (χ4v) is 3.80. The number of unbranched alkanes of at least 4 members (excludes halogenated alkanes) is 15. The number of ether oxygens (including phenoxy) is 2. The van der Waals surface area contributed by atoms with Crippen LogP contribution in [-0.4, -0.2) is 25.5 Å². The largest absolute Gasteiger partial charge is 0.509 e. The molecule has 0 amide bonds. The quantitative estimate of drug-likeness (QED) is 0.178. The molecule has 1 aliphatic heterocycles. The Hall–Kier alpha value is -0.770. The molecule has 1 radical (unpaired) electrons. The molecule has 0 aromatic heterocycles. The van der Waals surface area contributed by atoms with Gasteiger partial charge in [0.05, 0.1) is 6.61 Å². The molecule has 0 aromatic rings. The van der Waals surface area contributed by atoms with E-state index in [0.717, 1.165) is 38.6 Å². The van der Waals surface area contributed by atoms with Gasteiger partial charge in [0.1, 0.15) is 0 Å². The van der Waals surface area contributed by atoms with Crippen molar-refractivity contribution in [3.8, 4) is 0 Å². The number of nitrogens with zero attached hydrogens (tertiary/aromatic N) is 1. The van der Waals surface area contributed by atoms with E-state index in [1.807, 2.05) is 0 Å². The van der Waals surface area contributed by atoms with E-state index in [1.54, 1.807) is 0 Å². The minimum atomic E-state index is -0.545. The van der Waals surface area contributed by atoms with E-state index in [-0.39, 0.29) is 6.23 Å². The first kappa shape index (κ1) is 25.3. The topological polar surface area (TPSA) is 49.6 Å². The van der Waals surface area contributed by atoms with E-state index >= 15 is 0 Å². The average molecular weight is 397 g/mol. The number of piperidine rings is 1. The lowest BCUT2D eigenvalue weighted by atomic mass is 10.0. The summed E-state index contributed by atoms with van der Waals surface area (Å²) in [5.41, 5.74) is 0. The maximum atomic E-state index is 11.6. The van der Waals surface area contributed by atoms with Crippen LogP contribution in [0.1, 0.15) is 129 Å². The van der Waals surface area contributed by atoms with Crippen LogP contribution in [-0.2, 0) is 9.47 Å². The molecule has 1 rings (SSSR count). The predicted octanol–water partition coefficient (Wildman–Crippen LogP) is 7.52. The van der Waals surface area contributed by atoms with Crippen molar-refractivity contribution in [3.63, 3.8) is 0 Å². The lowest BCUT2D eigenvalue weighted by Gasteiger charge is -2.21. The zero-order valence-corrected chi connectivity index (χ0v) is 18.6. The summed E-state index contributed by atoms with van der Waals surface area (Å²) >= 11 is 0. The second-order valence-electron chi connectivity index (χ2n) is 8.38. The molecule has 0 N–H and O–H groups in total. The summed E-state index contributed by atoms with van der Waals surface area (Å²) in [6, 6.07) is 0. The first-order valence-corrected chi connectivity index (χ1v) is 12.3. The number of carbonyl (C=O) groups is 1. The Kier molecular flexibility index (Phi) is 17.6. The van der Waals surface area contributed by atoms with Crippen molar-refractivity contribution in [2.24, 2.45) is 0 Å². The number of carbonyl (C=O) groups excluding carboxylic acids is 1. The molecule has 0 aromatic carbocycles. The molecule has 4 heteroatoms. The third kappa shape index (κ3) is 16.2. The van der Waals surface area contributed by atoms with Crippen molar-refractivity contribution >= 4 is 6.16 Å². The van der Waals surface area contributed by atoms with E-state index < -0.39 is 6.16 Å². The fraction of sp³-hybridized carbons (Fsp3) is 0.958. The van der Waals surface area contributed by atoms with Crippen molar-refractivity contribution in [3.05, 3.63) is 0 Å². The smallest absolute Gasteiger partial charge is 0.434 e. The van der Waals surface area contributed by atoms with Gasteiger partial charge >= 0.3 is 6.16 Å². The highest BCUT2D eigenvalue weighted by molar-refractivity contribution is 5.60. The highest BCUT2D eigenvalue weighted by Gasteiger charge is 2.18. The van der Waals surface area contributed by atoms with Gasteiger partial charge in [0.2, 0.25) is 0 Å². The molecular formula is C24H46NO3. The normalized spacial score (nSPS) is 16.8. The maximum absolute atomic E-state index is 11.6. The SMILES string of the molecule is CCCCCCCCCCCCCCCCCCOC(=O)OC1CCCC[N]1. The lowest BCUT2D eigenvalue weighted by molar-refractivity contribution is -0.0000415. The zero-order chi connectivity index (χ0) is 20.1. The predicted molar refractivity (Wildman–Crippen MR) is 117 cm³/mol. The van der Waals surface area contributed by atoms with Crippen LogP contribution in [0.3, 0.4) is 0 Å². The summed E-state index contributed by atoms with van der Waals surface area (Å²) in [4.78, 5) is 11.6. The van der Waals surface area contributed by atoms with Crippen LogP contribution in [0.2, 0.25) is 0 Å². The Morgan fingerprint density at radius 3 is 1.71 bits per heavy atom. The summed E-state index contributed by atoms with van der Waals surface area (Å²) in [7, 11) is 0. The molecule has 0 bridgehead atoms. The summed E-state index contributed by atoms with van der Waals surface area (Å²) in [6.07, 6.45) is 23.8. The van der Waals surface area contributed by atoms with Gasteiger partial charge in [-0.25, -0.2) is 10.1 Å². The number of hydrogen-bond acceptors (Lipinski definition) is 3. The van der Waals surface area contributed by atoms with E-state index in [2.05, 4.69) is 12.2 Å². The van der Waals surface area contributed by atoms with E-state index in [9.17, 15) is 4.79 Å². The van der Waals surface area contributed by atoms with Gasteiger partial charge in [-0.15, -0.1) is 0 Å². The van der Waals surface area contributed by atoms with Crippen LogP contribution in [0.25, 0.3) is 0 Å². The minimum Gasteiger partial charge on any atom is -0.434 e. The van der Waals surface area contributed by atoms with Crippen LogP contribution >= 0.6 is 0 Å². The molecule has 1 heterocycles. The molecule has 1 fully saturated rings. The molecule has 4 nitrogen and oxygen atoms in total. The zero-order valence-electron chi connectivity index (χ0n) is 18.6. The van der Waals surface area contributed by atoms with E-state index in [4.69, 9.17) is 9.47 Å². The molecule has 1 saturated heterocycles. The van der Waals surface area contributed by atoms with Crippen molar-refractivity contribution in [2.75, 3.05) is 13.2 Å². The van der Waals surface area contributed by atoms with Gasteiger partial charge in [-0.05, 0) is 25.7 Å². The Morgan fingerprint density at radius 1 is 0.750 bits per heavy atom. The van der Waals surface area contributed by atoms with Gasteiger partial charge in [-0.2, -0.15) is 0 Å². The summed E-state index contributed by atoms with van der Waals surface area (Å²) in [5, 5.41) is 4.27. The fourth-order valence-electron chi connectivity index (χ4n) is 3.80. The maximum Gasteiger partial charge on any atom is 0.509 e. The third-order valence-corrected chi connectivity index (χ3v) is 5.64.